The molecule has 0 bridgehead atoms. The van der Waals surface area contributed by atoms with E-state index in [0.717, 1.165) is 37.1 Å². The van der Waals surface area contributed by atoms with Gasteiger partial charge in [-0.05, 0) is 146 Å². The average molecular weight is 846 g/mol. The fourth-order valence-electron chi connectivity index (χ4n) is 13.1. The van der Waals surface area contributed by atoms with Gasteiger partial charge in [0.25, 0.3) is 0 Å². The van der Waals surface area contributed by atoms with Crippen LogP contribution in [0, 0.1) is 0 Å². The summed E-state index contributed by atoms with van der Waals surface area (Å²) in [4.78, 5) is 2.45. The molecule has 1 heteroatoms. The molecule has 0 saturated carbocycles. The molecule has 1 nitrogen and oxygen atoms in total. The number of hydrogen-bond donors (Lipinski definition) is 0. The molecule has 5 aliphatic rings. The SMILES string of the molecule is CC1(C)C2=C(C=CCC2)c2ccc(N(c3ccccc3)c3ccc(C4(c5ccc6c(c5)C(c5ccccc5)(c5ccccc5)C5=C6C=CCC5)c5ccccc5-c5ccccc54)cc3)cc21. The molecule has 0 saturated heterocycles. The third-order valence-corrected chi connectivity index (χ3v) is 15.9. The van der Waals surface area contributed by atoms with Gasteiger partial charge in [0.15, 0.2) is 0 Å². The number of allylic oxidation sites excluding steroid dienone is 8. The lowest BCUT2D eigenvalue weighted by Gasteiger charge is -2.38. The minimum absolute atomic E-state index is 0.0210. The Balaban J connectivity index is 1.03. The van der Waals surface area contributed by atoms with E-state index in [-0.39, 0.29) is 5.41 Å². The fraction of sp³-hybridized carbons (Fsp3) is 0.138. The van der Waals surface area contributed by atoms with Crippen molar-refractivity contribution in [2.75, 3.05) is 4.90 Å². The lowest BCUT2D eigenvalue weighted by Crippen LogP contribution is -2.32. The Kier molecular flexibility index (Phi) is 8.72. The number of nitrogens with zero attached hydrogens (tertiary/aromatic N) is 1. The average Bonchev–Trinajstić information content (AvgIpc) is 3.94. The second kappa shape index (κ2) is 14.8. The Labute approximate surface area is 389 Å². The molecule has 8 aromatic carbocycles. The molecule has 0 heterocycles. The summed E-state index contributed by atoms with van der Waals surface area (Å²) in [6.45, 7) is 4.83. The maximum atomic E-state index is 2.61. The van der Waals surface area contributed by atoms with Crippen molar-refractivity contribution in [3.63, 3.8) is 0 Å². The Bertz CT molecular complexity index is 3280. The lowest BCUT2D eigenvalue weighted by molar-refractivity contribution is 0.607. The zero-order valence-electron chi connectivity index (χ0n) is 37.6. The third kappa shape index (κ3) is 5.35. The van der Waals surface area contributed by atoms with E-state index < -0.39 is 10.8 Å². The van der Waals surface area contributed by atoms with Crippen LogP contribution >= 0.6 is 0 Å². The standard InChI is InChI=1S/C65H51N/c1-63(2)57-30-16-12-26-51(57)55-41-39-50(43-61(55)63)66(48-24-10-5-11-25-48)49-37-34-46(35-38-49)65(59-32-18-13-27-52(59)53-28-14-19-33-60(53)65)47-36-40-56-54-29-15-17-31-58(54)64(62(56)42-47,44-20-6-3-7-21-44)45-22-8-4-9-23-45/h3-15,18-29,32-43H,16-17,30-31H2,1-2H3. The Morgan fingerprint density at radius 1 is 0.348 bits per heavy atom. The Hall–Kier alpha value is -7.48. The first kappa shape index (κ1) is 38.9. The Morgan fingerprint density at radius 2 is 0.818 bits per heavy atom. The summed E-state index contributed by atoms with van der Waals surface area (Å²) in [5.41, 5.74) is 24.3. The van der Waals surface area contributed by atoms with E-state index in [0.29, 0.717) is 0 Å². The number of para-hydroxylation sites is 1. The third-order valence-electron chi connectivity index (χ3n) is 15.9. The molecule has 13 rings (SSSR count). The van der Waals surface area contributed by atoms with Crippen LogP contribution < -0.4 is 4.90 Å². The van der Waals surface area contributed by atoms with Crippen LogP contribution in [0.3, 0.4) is 0 Å². The minimum atomic E-state index is -0.577. The van der Waals surface area contributed by atoms with Crippen LogP contribution in [0.4, 0.5) is 17.1 Å². The molecule has 0 spiro atoms. The molecule has 0 N–H and O–H groups in total. The number of rotatable bonds is 7. The molecule has 0 atom stereocenters. The monoisotopic (exact) mass is 845 g/mol. The summed E-state index contributed by atoms with van der Waals surface area (Å²) >= 11 is 0. The second-order valence-corrected chi connectivity index (χ2v) is 19.3. The predicted molar refractivity (Wildman–Crippen MR) is 275 cm³/mol. The smallest absolute Gasteiger partial charge is 0.0713 e. The molecule has 0 aromatic heterocycles. The normalized spacial score (nSPS) is 17.4. The van der Waals surface area contributed by atoms with Gasteiger partial charge < -0.3 is 4.90 Å². The lowest BCUT2D eigenvalue weighted by atomic mass is 9.63. The quantitative estimate of drug-likeness (QED) is 0.154. The minimum Gasteiger partial charge on any atom is -0.310 e. The van der Waals surface area contributed by atoms with Gasteiger partial charge in [0.1, 0.15) is 0 Å². The van der Waals surface area contributed by atoms with Crippen LogP contribution in [0.1, 0.15) is 95.2 Å². The van der Waals surface area contributed by atoms with Crippen LogP contribution in [0.5, 0.6) is 0 Å². The number of hydrogen-bond acceptors (Lipinski definition) is 1. The summed E-state index contributed by atoms with van der Waals surface area (Å²) in [5.74, 6) is 0. The van der Waals surface area contributed by atoms with Gasteiger partial charge >= 0.3 is 0 Å². The summed E-state index contributed by atoms with van der Waals surface area (Å²) in [6, 6.07) is 76.1. The number of anilines is 3. The van der Waals surface area contributed by atoms with E-state index in [1.165, 1.54) is 89.2 Å². The zero-order valence-corrected chi connectivity index (χ0v) is 37.6. The molecule has 316 valence electrons. The van der Waals surface area contributed by atoms with Crippen molar-refractivity contribution in [3.05, 3.63) is 291 Å². The molecule has 5 aliphatic carbocycles. The summed E-state index contributed by atoms with van der Waals surface area (Å²) < 4.78 is 0. The summed E-state index contributed by atoms with van der Waals surface area (Å²) in [6.07, 6.45) is 13.8. The first-order valence-electron chi connectivity index (χ1n) is 23.9. The van der Waals surface area contributed by atoms with Crippen molar-refractivity contribution in [1.29, 1.82) is 0 Å². The fourth-order valence-corrected chi connectivity index (χ4v) is 13.1. The maximum absolute atomic E-state index is 2.61. The second-order valence-electron chi connectivity index (χ2n) is 19.3. The van der Waals surface area contributed by atoms with Crippen molar-refractivity contribution in [2.24, 2.45) is 0 Å². The highest BCUT2D eigenvalue weighted by Gasteiger charge is 2.51. The molecule has 0 radical (unpaired) electrons. The maximum Gasteiger partial charge on any atom is 0.0713 e. The highest BCUT2D eigenvalue weighted by molar-refractivity contribution is 5.93. The first-order chi connectivity index (χ1) is 32.5. The van der Waals surface area contributed by atoms with E-state index >= 15 is 0 Å². The van der Waals surface area contributed by atoms with Crippen molar-refractivity contribution in [2.45, 2.75) is 55.8 Å². The molecule has 0 amide bonds. The van der Waals surface area contributed by atoms with Crippen molar-refractivity contribution < 1.29 is 0 Å². The molecule has 0 aliphatic heterocycles. The predicted octanol–water partition coefficient (Wildman–Crippen LogP) is 16.4. The molecule has 66 heavy (non-hydrogen) atoms. The van der Waals surface area contributed by atoms with Crippen molar-refractivity contribution >= 4 is 28.2 Å². The van der Waals surface area contributed by atoms with Gasteiger partial charge in [0, 0.05) is 22.5 Å². The molecular formula is C65H51N. The molecular weight excluding hydrogens is 795 g/mol. The van der Waals surface area contributed by atoms with Gasteiger partial charge in [-0.3, -0.25) is 0 Å². The van der Waals surface area contributed by atoms with Gasteiger partial charge in [0.2, 0.25) is 0 Å². The van der Waals surface area contributed by atoms with E-state index in [4.69, 9.17) is 0 Å². The Morgan fingerprint density at radius 3 is 1.45 bits per heavy atom. The van der Waals surface area contributed by atoms with Crippen LogP contribution in [0.25, 0.3) is 22.3 Å². The van der Waals surface area contributed by atoms with E-state index in [9.17, 15) is 0 Å². The summed E-state index contributed by atoms with van der Waals surface area (Å²) in [7, 11) is 0. The van der Waals surface area contributed by atoms with Crippen LogP contribution in [0.15, 0.2) is 236 Å². The number of benzene rings is 8. The highest BCUT2D eigenvalue weighted by Crippen LogP contribution is 2.61. The van der Waals surface area contributed by atoms with E-state index in [1.807, 2.05) is 0 Å². The van der Waals surface area contributed by atoms with Gasteiger partial charge in [0.05, 0.1) is 10.8 Å². The number of fused-ring (bicyclic) bond motifs is 7. The van der Waals surface area contributed by atoms with Gasteiger partial charge in [-0.25, -0.2) is 0 Å². The van der Waals surface area contributed by atoms with Gasteiger partial charge in [-0.1, -0.05) is 208 Å². The van der Waals surface area contributed by atoms with Crippen LogP contribution in [-0.2, 0) is 16.2 Å². The van der Waals surface area contributed by atoms with Gasteiger partial charge in [-0.2, -0.15) is 0 Å². The topological polar surface area (TPSA) is 3.24 Å². The van der Waals surface area contributed by atoms with E-state index in [2.05, 4.69) is 243 Å². The van der Waals surface area contributed by atoms with Gasteiger partial charge in [-0.15, -0.1) is 0 Å². The van der Waals surface area contributed by atoms with Crippen molar-refractivity contribution in [3.8, 4) is 11.1 Å². The molecule has 8 aromatic rings. The van der Waals surface area contributed by atoms with Crippen LogP contribution in [0.2, 0.25) is 0 Å². The first-order valence-corrected chi connectivity index (χ1v) is 23.9. The highest BCUT2D eigenvalue weighted by atomic mass is 15.1. The summed E-state index contributed by atoms with van der Waals surface area (Å²) in [5, 5.41) is 0. The largest absolute Gasteiger partial charge is 0.310 e. The van der Waals surface area contributed by atoms with Crippen molar-refractivity contribution in [1.82, 2.24) is 0 Å². The molecule has 0 unspecified atom stereocenters. The van der Waals surface area contributed by atoms with E-state index in [1.54, 1.807) is 5.57 Å². The zero-order chi connectivity index (χ0) is 44.0. The molecule has 0 fully saturated rings. The van der Waals surface area contributed by atoms with Crippen LogP contribution in [-0.4, -0.2) is 0 Å².